The van der Waals surface area contributed by atoms with E-state index in [1.165, 1.54) is 5.56 Å². The van der Waals surface area contributed by atoms with Crippen LogP contribution < -0.4 is 9.31 Å². The fourth-order valence-corrected chi connectivity index (χ4v) is 2.68. The first-order valence-electron chi connectivity index (χ1n) is 8.85. The summed E-state index contributed by atoms with van der Waals surface area (Å²) in [5.74, 6) is 1.18. The maximum atomic E-state index is 9.32. The largest absolute Gasteiger partial charge is 0.785 e. The Morgan fingerprint density at radius 3 is 2.00 bits per heavy atom. The highest BCUT2D eigenvalue weighted by Crippen LogP contribution is 2.41. The van der Waals surface area contributed by atoms with Gasteiger partial charge < -0.3 is 29.7 Å². The third-order valence-electron chi connectivity index (χ3n) is 4.04. The van der Waals surface area contributed by atoms with Crippen LogP contribution in [0.25, 0.3) is 11.1 Å². The smallest absolute Gasteiger partial charge is 0.498 e. The zero-order valence-electron chi connectivity index (χ0n) is 15.4. The Hall–Kier alpha value is -2.10. The number of aliphatic hydroxyl groups excluding tert-OH is 3. The van der Waals surface area contributed by atoms with Gasteiger partial charge in [0.2, 0.25) is 0 Å². The summed E-state index contributed by atoms with van der Waals surface area (Å²) in [6, 6.07) is 13.8. The van der Waals surface area contributed by atoms with Gasteiger partial charge in [0.05, 0.1) is 19.8 Å². The predicted octanol–water partition coefficient (Wildman–Crippen LogP) is 0.676. The lowest BCUT2D eigenvalue weighted by molar-refractivity contribution is 0.136. The number of rotatable bonds is 7. The van der Waals surface area contributed by atoms with Gasteiger partial charge in [0.25, 0.3) is 0 Å². The number of nitrogens with zero attached hydrogens (tertiary/aromatic N) is 1. The molecule has 2 aromatic rings. The lowest BCUT2D eigenvalue weighted by atomic mass is 10.0. The molecule has 0 spiro atoms. The van der Waals surface area contributed by atoms with E-state index in [-0.39, 0.29) is 19.8 Å². The lowest BCUT2D eigenvalue weighted by Gasteiger charge is -2.17. The molecule has 0 saturated heterocycles. The van der Waals surface area contributed by atoms with Gasteiger partial charge in [-0.05, 0) is 18.6 Å². The normalized spacial score (nSPS) is 12.1. The molecule has 0 aromatic heterocycles. The third kappa shape index (κ3) is 6.23. The minimum Gasteiger partial charge on any atom is -0.498 e. The Labute approximate surface area is 159 Å². The molecule has 0 saturated carbocycles. The van der Waals surface area contributed by atoms with Crippen LogP contribution >= 0.6 is 0 Å². The van der Waals surface area contributed by atoms with Crippen LogP contribution in [-0.2, 0) is 0 Å². The molecular weight excluding hydrogens is 349 g/mol. The quantitative estimate of drug-likeness (QED) is 0.528. The summed E-state index contributed by atoms with van der Waals surface area (Å²) in [5, 5.41) is 34.8. The van der Waals surface area contributed by atoms with Gasteiger partial charge in [0, 0.05) is 25.2 Å². The molecule has 27 heavy (non-hydrogen) atoms. The van der Waals surface area contributed by atoms with Gasteiger partial charge in [-0.25, -0.2) is 0 Å². The van der Waals surface area contributed by atoms with E-state index in [4.69, 9.17) is 24.6 Å². The standard InChI is InChI=1S/C13H11BO3.C6H15NO3/c1-9-5-7-10(8-6-9)11-3-2-4-12-13(11)17-14(15)16-12;8-4-1-7(2-5-9)3-6-10/h2-8,15H,1H3;8-10H,1-6H2. The zero-order valence-corrected chi connectivity index (χ0v) is 15.4. The topological polar surface area (TPSA) is 103 Å². The number of aryl methyl sites for hydroxylation is 1. The van der Waals surface area contributed by atoms with Crippen LogP contribution in [0.2, 0.25) is 0 Å². The summed E-state index contributed by atoms with van der Waals surface area (Å²) in [5.41, 5.74) is 3.18. The molecule has 2 aromatic carbocycles. The molecule has 3 rings (SSSR count). The van der Waals surface area contributed by atoms with Crippen LogP contribution in [0, 0.1) is 6.92 Å². The van der Waals surface area contributed by atoms with Gasteiger partial charge in [0.15, 0.2) is 5.75 Å². The van der Waals surface area contributed by atoms with Crippen LogP contribution in [0.4, 0.5) is 0 Å². The summed E-state index contributed by atoms with van der Waals surface area (Å²) in [6.45, 7) is 3.80. The van der Waals surface area contributed by atoms with Crippen LogP contribution in [0.3, 0.4) is 0 Å². The number of para-hydroxylation sites is 1. The number of fused-ring (bicyclic) bond motifs is 1. The average molecular weight is 375 g/mol. The third-order valence-corrected chi connectivity index (χ3v) is 4.04. The van der Waals surface area contributed by atoms with E-state index in [2.05, 4.69) is 0 Å². The van der Waals surface area contributed by atoms with Gasteiger partial charge in [-0.15, -0.1) is 0 Å². The molecule has 0 unspecified atom stereocenters. The van der Waals surface area contributed by atoms with E-state index in [0.29, 0.717) is 31.1 Å². The van der Waals surface area contributed by atoms with Crippen molar-refractivity contribution in [1.29, 1.82) is 0 Å². The molecule has 1 heterocycles. The minimum atomic E-state index is -1.20. The molecule has 4 N–H and O–H groups in total. The van der Waals surface area contributed by atoms with Crippen molar-refractivity contribution in [3.05, 3.63) is 48.0 Å². The highest BCUT2D eigenvalue weighted by molar-refractivity contribution is 6.38. The maximum Gasteiger partial charge on any atom is 0.785 e. The minimum absolute atomic E-state index is 0.0694. The Morgan fingerprint density at radius 2 is 1.44 bits per heavy atom. The molecule has 146 valence electrons. The second kappa shape index (κ2) is 10.9. The average Bonchev–Trinajstić information content (AvgIpc) is 3.04. The van der Waals surface area contributed by atoms with Gasteiger partial charge >= 0.3 is 7.32 Å². The van der Waals surface area contributed by atoms with Crippen molar-refractivity contribution in [1.82, 2.24) is 4.90 Å². The second-order valence-corrected chi connectivity index (χ2v) is 6.05. The van der Waals surface area contributed by atoms with Crippen LogP contribution in [0.1, 0.15) is 5.56 Å². The Balaban J connectivity index is 0.000000227. The molecule has 0 radical (unpaired) electrons. The van der Waals surface area contributed by atoms with Crippen LogP contribution in [0.15, 0.2) is 42.5 Å². The molecule has 1 aliphatic rings. The van der Waals surface area contributed by atoms with E-state index in [1.807, 2.05) is 43.3 Å². The van der Waals surface area contributed by atoms with Crippen molar-refractivity contribution in [2.24, 2.45) is 0 Å². The van der Waals surface area contributed by atoms with Crippen LogP contribution in [-0.4, -0.2) is 72.0 Å². The summed E-state index contributed by atoms with van der Waals surface area (Å²) in [7, 11) is -1.20. The Bertz CT molecular complexity index is 683. The number of benzene rings is 2. The van der Waals surface area contributed by atoms with Gasteiger partial charge in [-0.1, -0.05) is 42.0 Å². The fourth-order valence-electron chi connectivity index (χ4n) is 2.68. The van der Waals surface area contributed by atoms with Crippen molar-refractivity contribution in [3.8, 4) is 22.6 Å². The molecule has 0 atom stereocenters. The number of hydrogen-bond acceptors (Lipinski definition) is 7. The maximum absolute atomic E-state index is 9.32. The van der Waals surface area contributed by atoms with E-state index < -0.39 is 7.32 Å². The van der Waals surface area contributed by atoms with Crippen LogP contribution in [0.5, 0.6) is 11.5 Å². The van der Waals surface area contributed by atoms with E-state index in [1.54, 1.807) is 11.0 Å². The lowest BCUT2D eigenvalue weighted by Crippen LogP contribution is -2.32. The Kier molecular flexibility index (Phi) is 8.57. The highest BCUT2D eigenvalue weighted by atomic mass is 16.7. The van der Waals surface area contributed by atoms with E-state index >= 15 is 0 Å². The predicted molar refractivity (Wildman–Crippen MR) is 104 cm³/mol. The van der Waals surface area contributed by atoms with E-state index in [9.17, 15) is 5.02 Å². The molecule has 0 fully saturated rings. The van der Waals surface area contributed by atoms with Gasteiger partial charge in [-0.3, -0.25) is 4.90 Å². The second-order valence-electron chi connectivity index (χ2n) is 6.05. The fraction of sp³-hybridized carbons (Fsp3) is 0.368. The monoisotopic (exact) mass is 375 g/mol. The molecule has 1 aliphatic heterocycles. The zero-order chi connectivity index (χ0) is 19.6. The summed E-state index contributed by atoms with van der Waals surface area (Å²) < 4.78 is 10.4. The summed E-state index contributed by atoms with van der Waals surface area (Å²) in [6.07, 6.45) is 0. The molecule has 0 amide bonds. The van der Waals surface area contributed by atoms with Crippen molar-refractivity contribution >= 4 is 7.32 Å². The van der Waals surface area contributed by atoms with Crippen molar-refractivity contribution < 1.29 is 29.7 Å². The summed E-state index contributed by atoms with van der Waals surface area (Å²) in [4.78, 5) is 1.79. The first kappa shape index (κ1) is 21.2. The first-order valence-corrected chi connectivity index (χ1v) is 8.85. The van der Waals surface area contributed by atoms with Gasteiger partial charge in [-0.2, -0.15) is 0 Å². The molecule has 0 bridgehead atoms. The van der Waals surface area contributed by atoms with E-state index in [0.717, 1.165) is 11.1 Å². The van der Waals surface area contributed by atoms with Crippen molar-refractivity contribution in [2.75, 3.05) is 39.5 Å². The molecule has 7 nitrogen and oxygen atoms in total. The van der Waals surface area contributed by atoms with Crippen molar-refractivity contribution in [2.45, 2.75) is 6.92 Å². The number of aliphatic hydroxyl groups is 3. The Morgan fingerprint density at radius 1 is 0.852 bits per heavy atom. The molecule has 8 heteroatoms. The molecular formula is C19H26BNO6. The highest BCUT2D eigenvalue weighted by Gasteiger charge is 2.33. The molecule has 0 aliphatic carbocycles. The summed E-state index contributed by atoms with van der Waals surface area (Å²) >= 11 is 0. The van der Waals surface area contributed by atoms with Gasteiger partial charge in [0.1, 0.15) is 5.75 Å². The number of hydrogen-bond donors (Lipinski definition) is 4. The SMILES string of the molecule is Cc1ccc(-c2cccc3c2OB(O)O3)cc1.OCCN(CCO)CCO. The van der Waals surface area contributed by atoms with Crippen molar-refractivity contribution in [3.63, 3.8) is 0 Å². The first-order chi connectivity index (χ1) is 13.1.